The topological polar surface area (TPSA) is 26.8 Å². The van der Waals surface area contributed by atoms with Gasteiger partial charge in [0.05, 0.1) is 10.6 Å². The van der Waals surface area contributed by atoms with Crippen molar-refractivity contribution in [1.82, 2.24) is 9.80 Å². The first kappa shape index (κ1) is 17.9. The van der Waals surface area contributed by atoms with E-state index in [-0.39, 0.29) is 5.91 Å². The number of nitrogens with zero attached hydrogens (tertiary/aromatic N) is 3. The monoisotopic (exact) mass is 413 g/mol. The number of fused-ring (bicyclic) bond motifs is 2. The second-order valence-corrected chi connectivity index (χ2v) is 8.55. The van der Waals surface area contributed by atoms with E-state index >= 15 is 0 Å². The van der Waals surface area contributed by atoms with Crippen LogP contribution in [-0.4, -0.2) is 41.4 Å². The minimum atomic E-state index is 0.00584. The van der Waals surface area contributed by atoms with E-state index < -0.39 is 0 Å². The van der Waals surface area contributed by atoms with Crippen LogP contribution < -0.4 is 4.90 Å². The molecule has 3 aliphatic heterocycles. The van der Waals surface area contributed by atoms with Crippen LogP contribution in [0.1, 0.15) is 27.9 Å². The summed E-state index contributed by atoms with van der Waals surface area (Å²) in [5.74, 6) is 0.00584. The van der Waals surface area contributed by atoms with Gasteiger partial charge in [0.15, 0.2) is 0 Å². The van der Waals surface area contributed by atoms with Crippen molar-refractivity contribution < 1.29 is 4.79 Å². The molecule has 1 saturated heterocycles. The third-order valence-corrected chi connectivity index (χ3v) is 6.45. The summed E-state index contributed by atoms with van der Waals surface area (Å²) < 4.78 is 0. The number of hydrogen-bond donors (Lipinski definition) is 0. The van der Waals surface area contributed by atoms with Crippen molar-refractivity contribution in [3.8, 4) is 0 Å². The van der Waals surface area contributed by atoms with Crippen molar-refractivity contribution in [1.29, 1.82) is 0 Å². The SMILES string of the molecule is O=C1c2c(Cl)cc(N3CCN4C=CCC4C3)cc2CN1Cc1ccc(Cl)cc1. The average molecular weight is 414 g/mol. The van der Waals surface area contributed by atoms with Gasteiger partial charge in [0.25, 0.3) is 5.91 Å². The molecule has 0 aromatic heterocycles. The largest absolute Gasteiger partial charge is 0.371 e. The smallest absolute Gasteiger partial charge is 0.256 e. The Bertz CT molecular complexity index is 957. The Balaban J connectivity index is 1.37. The van der Waals surface area contributed by atoms with E-state index in [0.717, 1.165) is 42.9 Å². The highest BCUT2D eigenvalue weighted by molar-refractivity contribution is 6.34. The quantitative estimate of drug-likeness (QED) is 0.737. The zero-order valence-corrected chi connectivity index (χ0v) is 17.0. The summed E-state index contributed by atoms with van der Waals surface area (Å²) in [6.45, 7) is 4.14. The van der Waals surface area contributed by atoms with Crippen LogP contribution in [0.15, 0.2) is 48.7 Å². The van der Waals surface area contributed by atoms with E-state index in [1.165, 1.54) is 0 Å². The van der Waals surface area contributed by atoms with Crippen LogP contribution in [0, 0.1) is 0 Å². The zero-order valence-electron chi connectivity index (χ0n) is 15.4. The first-order valence-electron chi connectivity index (χ1n) is 9.62. The van der Waals surface area contributed by atoms with Gasteiger partial charge in [-0.1, -0.05) is 41.4 Å². The highest BCUT2D eigenvalue weighted by atomic mass is 35.5. The van der Waals surface area contributed by atoms with Crippen molar-refractivity contribution >= 4 is 34.8 Å². The van der Waals surface area contributed by atoms with Crippen molar-refractivity contribution in [2.24, 2.45) is 0 Å². The van der Waals surface area contributed by atoms with Gasteiger partial charge in [-0.15, -0.1) is 0 Å². The summed E-state index contributed by atoms with van der Waals surface area (Å²) in [5, 5.41) is 1.26. The highest BCUT2D eigenvalue weighted by Crippen LogP contribution is 2.35. The minimum absolute atomic E-state index is 0.00584. The summed E-state index contributed by atoms with van der Waals surface area (Å²) in [4.78, 5) is 19.6. The molecule has 3 heterocycles. The van der Waals surface area contributed by atoms with E-state index in [1.807, 2.05) is 35.2 Å². The molecule has 0 radical (unpaired) electrons. The Labute approximate surface area is 174 Å². The van der Waals surface area contributed by atoms with Gasteiger partial charge < -0.3 is 14.7 Å². The van der Waals surface area contributed by atoms with Crippen LogP contribution in [0.2, 0.25) is 10.0 Å². The van der Waals surface area contributed by atoms with E-state index in [4.69, 9.17) is 23.2 Å². The summed E-state index contributed by atoms with van der Waals surface area (Å²) >= 11 is 12.5. The van der Waals surface area contributed by atoms with Gasteiger partial charge in [0.2, 0.25) is 0 Å². The van der Waals surface area contributed by atoms with Gasteiger partial charge in [-0.3, -0.25) is 4.79 Å². The number of amides is 1. The molecule has 1 unspecified atom stereocenters. The average Bonchev–Trinajstić information content (AvgIpc) is 3.28. The van der Waals surface area contributed by atoms with E-state index in [9.17, 15) is 4.79 Å². The van der Waals surface area contributed by atoms with E-state index in [1.54, 1.807) is 0 Å². The number of carbonyl (C=O) groups is 1. The molecule has 0 bridgehead atoms. The van der Waals surface area contributed by atoms with Gasteiger partial charge >= 0.3 is 0 Å². The zero-order chi connectivity index (χ0) is 19.3. The van der Waals surface area contributed by atoms with Crippen molar-refractivity contribution in [2.45, 2.75) is 25.6 Å². The molecule has 0 spiro atoms. The number of hydrogen-bond acceptors (Lipinski definition) is 3. The predicted molar refractivity (Wildman–Crippen MR) is 113 cm³/mol. The van der Waals surface area contributed by atoms with Crippen molar-refractivity contribution in [2.75, 3.05) is 24.5 Å². The fraction of sp³-hybridized carbons (Fsp3) is 0.318. The highest BCUT2D eigenvalue weighted by Gasteiger charge is 2.32. The molecule has 28 heavy (non-hydrogen) atoms. The standard InChI is InChI=1S/C22H21Cl2N3O/c23-17-5-3-15(4-6-17)12-27-13-16-10-19(11-20(24)21(16)22(27)28)26-9-8-25-7-1-2-18(25)14-26/h1,3-7,10-11,18H,2,8-9,12-14H2. The molecular formula is C22H21Cl2N3O. The lowest BCUT2D eigenvalue weighted by Gasteiger charge is -2.39. The van der Waals surface area contributed by atoms with Crippen LogP contribution >= 0.6 is 23.2 Å². The molecule has 1 atom stereocenters. The number of benzene rings is 2. The summed E-state index contributed by atoms with van der Waals surface area (Å²) in [6, 6.07) is 12.3. The fourth-order valence-electron chi connectivity index (χ4n) is 4.43. The first-order chi connectivity index (χ1) is 13.6. The summed E-state index contributed by atoms with van der Waals surface area (Å²) in [6.07, 6.45) is 5.56. The molecule has 0 saturated carbocycles. The van der Waals surface area contributed by atoms with Gasteiger partial charge in [0.1, 0.15) is 0 Å². The number of rotatable bonds is 3. The van der Waals surface area contributed by atoms with E-state index in [0.29, 0.717) is 34.7 Å². The van der Waals surface area contributed by atoms with Gasteiger partial charge in [-0.25, -0.2) is 0 Å². The molecule has 3 aliphatic rings. The first-order valence-corrected chi connectivity index (χ1v) is 10.4. The maximum absolute atomic E-state index is 12.9. The molecule has 2 aromatic carbocycles. The van der Waals surface area contributed by atoms with Gasteiger partial charge in [0, 0.05) is 49.5 Å². The number of piperazine rings is 1. The number of halogens is 2. The molecule has 6 heteroatoms. The van der Waals surface area contributed by atoms with Crippen molar-refractivity contribution in [3.63, 3.8) is 0 Å². The Morgan fingerprint density at radius 2 is 1.89 bits per heavy atom. The molecule has 0 aliphatic carbocycles. The van der Waals surface area contributed by atoms with Gasteiger partial charge in [-0.05, 0) is 48.0 Å². The Kier molecular flexibility index (Phi) is 4.48. The van der Waals surface area contributed by atoms with E-state index in [2.05, 4.69) is 28.1 Å². The minimum Gasteiger partial charge on any atom is -0.371 e. The Morgan fingerprint density at radius 3 is 2.71 bits per heavy atom. The lowest BCUT2D eigenvalue weighted by Crippen LogP contribution is -2.49. The third kappa shape index (κ3) is 3.15. The van der Waals surface area contributed by atoms with Crippen LogP contribution in [0.4, 0.5) is 5.69 Å². The lowest BCUT2D eigenvalue weighted by molar-refractivity contribution is 0.0767. The Morgan fingerprint density at radius 1 is 1.07 bits per heavy atom. The molecule has 2 aromatic rings. The van der Waals surface area contributed by atoms with Gasteiger partial charge in [-0.2, -0.15) is 0 Å². The molecule has 4 nitrogen and oxygen atoms in total. The molecule has 1 fully saturated rings. The summed E-state index contributed by atoms with van der Waals surface area (Å²) in [5.41, 5.74) is 3.86. The summed E-state index contributed by atoms with van der Waals surface area (Å²) in [7, 11) is 0. The normalized spacial score (nSPS) is 20.7. The molecule has 144 valence electrons. The molecule has 0 N–H and O–H groups in total. The Hall–Kier alpha value is -2.17. The molecule has 5 rings (SSSR count). The predicted octanol–water partition coefficient (Wildman–Crippen LogP) is 4.56. The maximum atomic E-state index is 12.9. The second kappa shape index (κ2) is 7.02. The van der Waals surface area contributed by atoms with Crippen LogP contribution in [-0.2, 0) is 13.1 Å². The van der Waals surface area contributed by atoms with Crippen LogP contribution in [0.5, 0.6) is 0 Å². The van der Waals surface area contributed by atoms with Crippen molar-refractivity contribution in [3.05, 3.63) is 75.4 Å². The number of anilines is 1. The number of carbonyl (C=O) groups excluding carboxylic acids is 1. The van der Waals surface area contributed by atoms with Crippen LogP contribution in [0.25, 0.3) is 0 Å². The fourth-order valence-corrected chi connectivity index (χ4v) is 4.87. The molecular weight excluding hydrogens is 393 g/mol. The van der Waals surface area contributed by atoms with Crippen LogP contribution in [0.3, 0.4) is 0 Å². The second-order valence-electron chi connectivity index (χ2n) is 7.71. The maximum Gasteiger partial charge on any atom is 0.256 e. The third-order valence-electron chi connectivity index (χ3n) is 5.90. The lowest BCUT2D eigenvalue weighted by atomic mass is 10.1. The molecule has 1 amide bonds.